The Morgan fingerprint density at radius 2 is 0.514 bits per heavy atom. The van der Waals surface area contributed by atoms with E-state index in [1.807, 2.05) is 0 Å². The summed E-state index contributed by atoms with van der Waals surface area (Å²) in [5.41, 5.74) is 0. The number of hydrogen-bond donors (Lipinski definition) is 0. The predicted octanol–water partition coefficient (Wildman–Crippen LogP) is 8.05. The van der Waals surface area contributed by atoms with E-state index in [2.05, 4.69) is 13.8 Å². The fourth-order valence-corrected chi connectivity index (χ4v) is 4.57. The molecule has 0 saturated carbocycles. The number of carbonyl (C=O) groups excluding carboxylic acids is 2. The maximum absolute atomic E-state index is 10.2. The SMILES string of the molecule is CCCCCCCCCCCCCCCC(=O)[O-].CCCCCCCCCCCCCCCC(=O)[O-].[B+2]. The van der Waals surface area contributed by atoms with Crippen LogP contribution in [0.4, 0.5) is 0 Å². The first-order chi connectivity index (χ1) is 17.5. The molecule has 0 unspecified atom stereocenters. The van der Waals surface area contributed by atoms with Crippen molar-refractivity contribution in [2.45, 2.75) is 194 Å². The zero-order valence-electron chi connectivity index (χ0n) is 25.0. The molecular formula is C32H62BO4. The van der Waals surface area contributed by atoms with Gasteiger partial charge < -0.3 is 19.8 Å². The van der Waals surface area contributed by atoms with E-state index in [1.54, 1.807) is 0 Å². The number of aliphatic carboxylic acids is 2. The second-order valence-electron chi connectivity index (χ2n) is 10.7. The van der Waals surface area contributed by atoms with E-state index in [0.717, 1.165) is 25.7 Å². The zero-order valence-corrected chi connectivity index (χ0v) is 25.0. The fourth-order valence-electron chi connectivity index (χ4n) is 4.57. The molecule has 0 aliphatic rings. The minimum atomic E-state index is -0.905. The van der Waals surface area contributed by atoms with E-state index in [9.17, 15) is 19.8 Å². The summed E-state index contributed by atoms with van der Waals surface area (Å²) < 4.78 is 0. The van der Waals surface area contributed by atoms with Gasteiger partial charge in [0.15, 0.2) is 0 Å². The molecule has 0 atom stereocenters. The Bertz CT molecular complexity index is 403. The molecule has 0 aliphatic carbocycles. The van der Waals surface area contributed by atoms with Crippen LogP contribution in [-0.2, 0) is 9.59 Å². The molecule has 0 aromatic heterocycles. The van der Waals surface area contributed by atoms with Gasteiger partial charge in [0.25, 0.3) is 0 Å². The Morgan fingerprint density at radius 3 is 0.676 bits per heavy atom. The van der Waals surface area contributed by atoms with E-state index in [1.165, 1.54) is 141 Å². The van der Waals surface area contributed by atoms with Crippen molar-refractivity contribution in [1.29, 1.82) is 0 Å². The van der Waals surface area contributed by atoms with Gasteiger partial charge in [0, 0.05) is 11.9 Å². The van der Waals surface area contributed by atoms with Gasteiger partial charge in [-0.15, -0.1) is 0 Å². The quantitative estimate of drug-likeness (QED) is 0.0770. The van der Waals surface area contributed by atoms with Gasteiger partial charge in [0.1, 0.15) is 0 Å². The molecule has 0 rings (SSSR count). The smallest absolute Gasteiger partial charge is 0.550 e. The number of rotatable bonds is 28. The van der Waals surface area contributed by atoms with Gasteiger partial charge in [-0.05, 0) is 25.7 Å². The van der Waals surface area contributed by atoms with Crippen LogP contribution < -0.4 is 10.2 Å². The summed E-state index contributed by atoms with van der Waals surface area (Å²) in [6.07, 6.45) is 33.9. The van der Waals surface area contributed by atoms with E-state index in [4.69, 9.17) is 0 Å². The Labute approximate surface area is 233 Å². The van der Waals surface area contributed by atoms with Gasteiger partial charge in [-0.1, -0.05) is 168 Å². The second-order valence-corrected chi connectivity index (χ2v) is 10.7. The van der Waals surface area contributed by atoms with E-state index >= 15 is 0 Å². The third-order valence-electron chi connectivity index (χ3n) is 6.97. The van der Waals surface area contributed by atoms with Gasteiger partial charge in [-0.3, -0.25) is 0 Å². The molecule has 0 heterocycles. The summed E-state index contributed by atoms with van der Waals surface area (Å²) >= 11 is 0. The summed E-state index contributed by atoms with van der Waals surface area (Å²) in [6.45, 7) is 4.51. The van der Waals surface area contributed by atoms with E-state index < -0.39 is 11.9 Å². The van der Waals surface area contributed by atoms with Crippen molar-refractivity contribution in [2.24, 2.45) is 0 Å². The molecule has 5 heteroatoms. The number of unbranched alkanes of at least 4 members (excludes halogenated alkanes) is 24. The standard InChI is InChI=1S/2C16H32O2.B/c2*1-2-3-4-5-6-7-8-9-10-11-12-13-14-15-16(17)18;/h2*2-15H2,1H3,(H,17,18);/q;;+2/p-2. The van der Waals surface area contributed by atoms with Gasteiger partial charge in [-0.25, -0.2) is 0 Å². The molecule has 0 bridgehead atoms. The summed E-state index contributed by atoms with van der Waals surface area (Å²) in [5.74, 6) is -1.81. The van der Waals surface area contributed by atoms with E-state index in [-0.39, 0.29) is 21.3 Å². The van der Waals surface area contributed by atoms with Crippen LogP contribution in [0.5, 0.6) is 0 Å². The molecule has 0 spiro atoms. The van der Waals surface area contributed by atoms with Gasteiger partial charge in [0.05, 0.1) is 0 Å². The van der Waals surface area contributed by atoms with Crippen LogP contribution in [-0.4, -0.2) is 20.4 Å². The van der Waals surface area contributed by atoms with E-state index in [0.29, 0.717) is 0 Å². The molecule has 0 aromatic rings. The van der Waals surface area contributed by atoms with Crippen molar-refractivity contribution in [3.8, 4) is 0 Å². The maximum atomic E-state index is 10.2. The average molecular weight is 522 g/mol. The zero-order chi connectivity index (χ0) is 27.0. The third-order valence-corrected chi connectivity index (χ3v) is 6.97. The van der Waals surface area contributed by atoms with Crippen LogP contribution in [0, 0.1) is 0 Å². The molecule has 0 aliphatic heterocycles. The molecule has 0 aromatic carbocycles. The van der Waals surface area contributed by atoms with Gasteiger partial charge >= 0.3 is 8.41 Å². The largest absolute Gasteiger partial charge is 2.00 e. The molecule has 0 fully saturated rings. The maximum Gasteiger partial charge on any atom is 2.00 e. The molecule has 0 amide bonds. The van der Waals surface area contributed by atoms with Crippen LogP contribution in [0.15, 0.2) is 0 Å². The summed E-state index contributed by atoms with van der Waals surface area (Å²) in [7, 11) is 0. The average Bonchev–Trinajstić information content (AvgIpc) is 2.85. The first-order valence-corrected chi connectivity index (χ1v) is 15.9. The third kappa shape index (κ3) is 45.3. The summed E-state index contributed by atoms with van der Waals surface area (Å²) in [5, 5.41) is 20.4. The number of carbonyl (C=O) groups is 2. The van der Waals surface area contributed by atoms with Crippen LogP contribution >= 0.6 is 0 Å². The molecule has 1 radical (unpaired) electrons. The Hall–Kier alpha value is -0.995. The molecule has 4 nitrogen and oxygen atoms in total. The Morgan fingerprint density at radius 1 is 0.351 bits per heavy atom. The molecule has 0 saturated heterocycles. The van der Waals surface area contributed by atoms with Crippen molar-refractivity contribution in [2.75, 3.05) is 0 Å². The van der Waals surface area contributed by atoms with Crippen molar-refractivity contribution >= 4 is 20.4 Å². The van der Waals surface area contributed by atoms with Crippen molar-refractivity contribution in [1.82, 2.24) is 0 Å². The first kappa shape index (κ1) is 40.5. The Kier molecular flexibility index (Phi) is 40.7. The van der Waals surface area contributed by atoms with Crippen molar-refractivity contribution < 1.29 is 19.8 Å². The topological polar surface area (TPSA) is 80.3 Å². The number of carboxylic acid groups (broad SMARTS) is 2. The number of carboxylic acids is 2. The predicted molar refractivity (Wildman–Crippen MR) is 156 cm³/mol. The van der Waals surface area contributed by atoms with Crippen LogP contribution in [0.2, 0.25) is 0 Å². The number of hydrogen-bond acceptors (Lipinski definition) is 4. The normalized spacial score (nSPS) is 10.4. The molecule has 0 N–H and O–H groups in total. The Balaban J connectivity index is -0.000000608. The minimum absolute atomic E-state index is 0. The second kappa shape index (κ2) is 37.2. The summed E-state index contributed by atoms with van der Waals surface area (Å²) in [4.78, 5) is 20.4. The molecule has 37 heavy (non-hydrogen) atoms. The van der Waals surface area contributed by atoms with Crippen LogP contribution in [0.3, 0.4) is 0 Å². The minimum Gasteiger partial charge on any atom is -0.550 e. The van der Waals surface area contributed by atoms with Crippen molar-refractivity contribution in [3.63, 3.8) is 0 Å². The summed E-state index contributed by atoms with van der Waals surface area (Å²) in [6, 6.07) is 0. The monoisotopic (exact) mass is 521 g/mol. The van der Waals surface area contributed by atoms with Crippen LogP contribution in [0.1, 0.15) is 194 Å². The van der Waals surface area contributed by atoms with Crippen molar-refractivity contribution in [3.05, 3.63) is 0 Å². The van der Waals surface area contributed by atoms with Gasteiger partial charge in [-0.2, -0.15) is 0 Å². The first-order valence-electron chi connectivity index (χ1n) is 15.9. The molecule has 217 valence electrons. The molecular weight excluding hydrogens is 459 g/mol. The van der Waals surface area contributed by atoms with Crippen LogP contribution in [0.25, 0.3) is 0 Å². The fraction of sp³-hybridized carbons (Fsp3) is 0.938. The van der Waals surface area contributed by atoms with Gasteiger partial charge in [0.2, 0.25) is 0 Å².